The lowest BCUT2D eigenvalue weighted by atomic mass is 9.95. The van der Waals surface area contributed by atoms with Crippen LogP contribution in [0.1, 0.15) is 64.6 Å². The first-order valence-corrected chi connectivity index (χ1v) is 11.0. The lowest BCUT2D eigenvalue weighted by molar-refractivity contribution is -0.136. The molecule has 2 heterocycles. The number of carbonyl (C=O) groups is 4. The Morgan fingerprint density at radius 3 is 2.59 bits per heavy atom. The highest BCUT2D eigenvalue weighted by atomic mass is 35.5. The summed E-state index contributed by atoms with van der Waals surface area (Å²) in [6, 6.07) is 11.4. The summed E-state index contributed by atoms with van der Waals surface area (Å²) in [4.78, 5) is 51.0. The molecule has 4 amide bonds. The minimum atomic E-state index is -0.685. The van der Waals surface area contributed by atoms with Crippen LogP contribution in [0.25, 0.3) is 0 Å². The van der Waals surface area contributed by atoms with Gasteiger partial charge in [-0.3, -0.25) is 24.5 Å². The van der Waals surface area contributed by atoms with Crippen molar-refractivity contribution in [3.8, 4) is 0 Å². The van der Waals surface area contributed by atoms with Gasteiger partial charge in [0.15, 0.2) is 0 Å². The second-order valence-corrected chi connectivity index (χ2v) is 8.90. The van der Waals surface area contributed by atoms with Crippen molar-refractivity contribution in [2.24, 2.45) is 5.92 Å². The summed E-state index contributed by atoms with van der Waals surface area (Å²) >= 11 is 6.35. The van der Waals surface area contributed by atoms with Crippen molar-refractivity contribution in [2.75, 3.05) is 0 Å². The molecule has 2 atom stereocenters. The lowest BCUT2D eigenvalue weighted by Gasteiger charge is -2.29. The van der Waals surface area contributed by atoms with Crippen LogP contribution in [-0.2, 0) is 16.1 Å². The van der Waals surface area contributed by atoms with E-state index in [1.165, 1.54) is 4.90 Å². The smallest absolute Gasteiger partial charge is 0.255 e. The zero-order valence-electron chi connectivity index (χ0n) is 17.9. The van der Waals surface area contributed by atoms with E-state index in [2.05, 4.69) is 10.6 Å². The Hall–Kier alpha value is -3.19. The zero-order valence-corrected chi connectivity index (χ0v) is 18.6. The molecule has 0 aromatic heterocycles. The molecule has 8 heteroatoms. The minimum absolute atomic E-state index is 0.109. The fraction of sp³-hybridized carbons (Fsp3) is 0.333. The standard InChI is InChI=1S/C24H24ClN3O4/c1-13(2)21(17-5-3-4-6-18(17)25)27-22(30)14-7-8-16-15(11-14)12-28(24(16)32)19-9-10-20(29)26-23(19)31/h3-8,11,13,19,21H,9-10,12H2,1-2H3,(H,27,30)(H,26,29,31)/t19?,21-/m0/s1. The number of fused-ring (bicyclic) bond motifs is 1. The molecule has 2 aliphatic rings. The molecule has 0 bridgehead atoms. The average Bonchev–Trinajstić information content (AvgIpc) is 3.08. The van der Waals surface area contributed by atoms with Gasteiger partial charge in [0.25, 0.3) is 11.8 Å². The Bertz CT molecular complexity index is 1110. The van der Waals surface area contributed by atoms with Crippen LogP contribution in [0.3, 0.4) is 0 Å². The number of rotatable bonds is 5. The summed E-state index contributed by atoms with van der Waals surface area (Å²) in [5.74, 6) is -1.21. The normalized spacial score (nSPS) is 19.1. The SMILES string of the molecule is CC(C)[C@H](NC(=O)c1ccc2c(c1)CN(C1CCC(=O)NC1=O)C2=O)c1ccccc1Cl. The van der Waals surface area contributed by atoms with Crippen molar-refractivity contribution in [3.05, 3.63) is 69.7 Å². The lowest BCUT2D eigenvalue weighted by Crippen LogP contribution is -2.52. The first-order valence-electron chi connectivity index (χ1n) is 10.6. The Morgan fingerprint density at radius 2 is 1.91 bits per heavy atom. The van der Waals surface area contributed by atoms with Gasteiger partial charge in [0.1, 0.15) is 6.04 Å². The number of nitrogens with one attached hydrogen (secondary N) is 2. The fourth-order valence-corrected chi connectivity index (χ4v) is 4.52. The number of halogens is 1. The topological polar surface area (TPSA) is 95.6 Å². The maximum Gasteiger partial charge on any atom is 0.255 e. The van der Waals surface area contributed by atoms with Crippen molar-refractivity contribution < 1.29 is 19.2 Å². The first-order chi connectivity index (χ1) is 15.3. The fourth-order valence-electron chi connectivity index (χ4n) is 4.27. The highest BCUT2D eigenvalue weighted by molar-refractivity contribution is 6.31. The molecular formula is C24H24ClN3O4. The number of amides is 4. The molecule has 0 aliphatic carbocycles. The molecule has 2 aliphatic heterocycles. The van der Waals surface area contributed by atoms with Gasteiger partial charge in [-0.25, -0.2) is 0 Å². The van der Waals surface area contributed by atoms with E-state index >= 15 is 0 Å². The van der Waals surface area contributed by atoms with Crippen LogP contribution in [0.4, 0.5) is 0 Å². The third kappa shape index (κ3) is 4.12. The van der Waals surface area contributed by atoms with Crippen LogP contribution >= 0.6 is 11.6 Å². The van der Waals surface area contributed by atoms with Crippen LogP contribution in [0.2, 0.25) is 5.02 Å². The van der Waals surface area contributed by atoms with Gasteiger partial charge in [-0.15, -0.1) is 0 Å². The van der Waals surface area contributed by atoms with E-state index in [0.717, 1.165) is 5.56 Å². The molecule has 1 unspecified atom stereocenters. The van der Waals surface area contributed by atoms with Crippen LogP contribution in [0.15, 0.2) is 42.5 Å². The number of piperidine rings is 1. The molecule has 2 aromatic carbocycles. The predicted molar refractivity (Wildman–Crippen MR) is 119 cm³/mol. The molecule has 1 saturated heterocycles. The van der Waals surface area contributed by atoms with Crippen molar-refractivity contribution >= 4 is 35.2 Å². The number of hydrogen-bond acceptors (Lipinski definition) is 4. The van der Waals surface area contributed by atoms with Gasteiger partial charge >= 0.3 is 0 Å². The second-order valence-electron chi connectivity index (χ2n) is 8.49. The number of hydrogen-bond donors (Lipinski definition) is 2. The zero-order chi connectivity index (χ0) is 23.0. The molecule has 166 valence electrons. The van der Waals surface area contributed by atoms with Gasteiger partial charge < -0.3 is 10.2 Å². The molecule has 0 saturated carbocycles. The summed E-state index contributed by atoms with van der Waals surface area (Å²) in [7, 11) is 0. The second kappa shape index (κ2) is 8.74. The average molecular weight is 454 g/mol. The molecular weight excluding hydrogens is 430 g/mol. The van der Waals surface area contributed by atoms with Gasteiger partial charge in [0, 0.05) is 29.1 Å². The largest absolute Gasteiger partial charge is 0.345 e. The van der Waals surface area contributed by atoms with E-state index in [1.807, 2.05) is 32.0 Å². The van der Waals surface area contributed by atoms with E-state index in [0.29, 0.717) is 28.1 Å². The van der Waals surface area contributed by atoms with Gasteiger partial charge in [-0.05, 0) is 47.7 Å². The van der Waals surface area contributed by atoms with E-state index < -0.39 is 11.9 Å². The minimum Gasteiger partial charge on any atom is -0.345 e. The molecule has 0 radical (unpaired) electrons. The predicted octanol–water partition coefficient (Wildman–Crippen LogP) is 3.23. The summed E-state index contributed by atoms with van der Waals surface area (Å²) < 4.78 is 0. The summed E-state index contributed by atoms with van der Waals surface area (Å²) in [6.45, 7) is 4.24. The quantitative estimate of drug-likeness (QED) is 0.679. The molecule has 7 nitrogen and oxygen atoms in total. The molecule has 2 aromatic rings. The Kier molecular flexibility index (Phi) is 6.02. The Labute approximate surface area is 191 Å². The third-order valence-electron chi connectivity index (χ3n) is 5.98. The monoisotopic (exact) mass is 453 g/mol. The highest BCUT2D eigenvalue weighted by Crippen LogP contribution is 2.30. The summed E-state index contributed by atoms with van der Waals surface area (Å²) in [6.07, 6.45) is 0.495. The van der Waals surface area contributed by atoms with E-state index in [9.17, 15) is 19.2 Å². The molecule has 0 spiro atoms. The highest BCUT2D eigenvalue weighted by Gasteiger charge is 2.39. The van der Waals surface area contributed by atoms with Gasteiger partial charge in [-0.1, -0.05) is 43.6 Å². The van der Waals surface area contributed by atoms with Gasteiger partial charge in [-0.2, -0.15) is 0 Å². The summed E-state index contributed by atoms with van der Waals surface area (Å²) in [5, 5.41) is 5.93. The summed E-state index contributed by atoms with van der Waals surface area (Å²) in [5.41, 5.74) is 2.43. The van der Waals surface area contributed by atoms with Crippen molar-refractivity contribution in [3.63, 3.8) is 0 Å². The molecule has 32 heavy (non-hydrogen) atoms. The molecule has 2 N–H and O–H groups in total. The molecule has 1 fully saturated rings. The van der Waals surface area contributed by atoms with E-state index in [1.54, 1.807) is 24.3 Å². The number of benzene rings is 2. The first kappa shape index (κ1) is 22.0. The van der Waals surface area contributed by atoms with Crippen LogP contribution in [-0.4, -0.2) is 34.6 Å². The number of nitrogens with zero attached hydrogens (tertiary/aromatic N) is 1. The Morgan fingerprint density at radius 1 is 1.16 bits per heavy atom. The Balaban J connectivity index is 1.53. The van der Waals surface area contributed by atoms with Gasteiger partial charge in [0.2, 0.25) is 11.8 Å². The maximum absolute atomic E-state index is 13.0. The maximum atomic E-state index is 13.0. The van der Waals surface area contributed by atoms with Crippen LogP contribution in [0, 0.1) is 5.92 Å². The third-order valence-corrected chi connectivity index (χ3v) is 6.32. The van der Waals surface area contributed by atoms with Crippen molar-refractivity contribution in [2.45, 2.75) is 45.3 Å². The van der Waals surface area contributed by atoms with Crippen LogP contribution in [0.5, 0.6) is 0 Å². The van der Waals surface area contributed by atoms with Gasteiger partial charge in [0.05, 0.1) is 6.04 Å². The van der Waals surface area contributed by atoms with E-state index in [4.69, 9.17) is 11.6 Å². The van der Waals surface area contributed by atoms with Crippen LogP contribution < -0.4 is 10.6 Å². The number of imide groups is 1. The number of carbonyl (C=O) groups excluding carboxylic acids is 4. The van der Waals surface area contributed by atoms with Crippen molar-refractivity contribution in [1.82, 2.24) is 15.5 Å². The molecule has 4 rings (SSSR count). The van der Waals surface area contributed by atoms with Crippen molar-refractivity contribution in [1.29, 1.82) is 0 Å². The van der Waals surface area contributed by atoms with E-state index in [-0.39, 0.29) is 42.6 Å².